The molecule has 0 aromatic heterocycles. The van der Waals surface area contributed by atoms with E-state index in [1.54, 1.807) is 36.1 Å². The number of para-hydroxylation sites is 1. The summed E-state index contributed by atoms with van der Waals surface area (Å²) in [5, 5.41) is 0. The summed E-state index contributed by atoms with van der Waals surface area (Å²) >= 11 is 0. The zero-order valence-corrected chi connectivity index (χ0v) is 20.4. The van der Waals surface area contributed by atoms with Crippen LogP contribution >= 0.6 is 0 Å². The first-order chi connectivity index (χ1) is 16.4. The van der Waals surface area contributed by atoms with Gasteiger partial charge in [0.2, 0.25) is 15.9 Å². The Labute approximate surface area is 202 Å². The van der Waals surface area contributed by atoms with Crippen LogP contribution in [0.1, 0.15) is 24.1 Å². The fourth-order valence-corrected chi connectivity index (χ4v) is 5.90. The minimum absolute atomic E-state index is 0.105. The first kappa shape index (κ1) is 24.0. The molecule has 4 rings (SSSR count). The molecule has 0 aliphatic carbocycles. The molecule has 34 heavy (non-hydrogen) atoms. The van der Waals surface area contributed by atoms with E-state index in [4.69, 9.17) is 0 Å². The van der Waals surface area contributed by atoms with Crippen molar-refractivity contribution in [1.29, 1.82) is 0 Å². The summed E-state index contributed by atoms with van der Waals surface area (Å²) in [5.74, 6) is -0.176. The molecule has 0 saturated carbocycles. The molecule has 1 saturated heterocycles. The highest BCUT2D eigenvalue weighted by molar-refractivity contribution is 7.92. The number of piperazine rings is 1. The Kier molecular flexibility index (Phi) is 7.34. The molecule has 0 spiro atoms. The number of carbonyl (C=O) groups excluding carboxylic acids is 1. The van der Waals surface area contributed by atoms with Gasteiger partial charge in [-0.2, -0.15) is 0 Å². The maximum absolute atomic E-state index is 13.4. The lowest BCUT2D eigenvalue weighted by Crippen LogP contribution is -2.55. The number of hydrogen-bond acceptors (Lipinski definition) is 4. The van der Waals surface area contributed by atoms with Crippen LogP contribution in [0.4, 0.5) is 5.69 Å². The van der Waals surface area contributed by atoms with Crippen LogP contribution in [-0.4, -0.2) is 62.6 Å². The van der Waals surface area contributed by atoms with Crippen molar-refractivity contribution in [3.63, 3.8) is 0 Å². The van der Waals surface area contributed by atoms with E-state index in [0.717, 1.165) is 6.26 Å². The van der Waals surface area contributed by atoms with Crippen LogP contribution in [-0.2, 0) is 14.8 Å². The third kappa shape index (κ3) is 5.32. The van der Waals surface area contributed by atoms with Crippen LogP contribution in [0.15, 0.2) is 91.0 Å². The Hall–Kier alpha value is -3.16. The standard InChI is InChI=1S/C27H31N3O3S/c1-22(30(34(2,32)33)25-16-10-5-11-17-25)27(31)29-20-18-28(19-21-29)26(23-12-6-3-7-13-23)24-14-8-4-9-15-24/h3-17,22,26H,18-21H2,1-2H3/t22-/m1/s1. The Morgan fingerprint density at radius 1 is 0.765 bits per heavy atom. The quantitative estimate of drug-likeness (QED) is 0.520. The number of benzene rings is 3. The van der Waals surface area contributed by atoms with Crippen molar-refractivity contribution in [2.24, 2.45) is 0 Å². The minimum Gasteiger partial charge on any atom is -0.338 e. The summed E-state index contributed by atoms with van der Waals surface area (Å²) in [6.07, 6.45) is 1.14. The van der Waals surface area contributed by atoms with Gasteiger partial charge >= 0.3 is 0 Å². The molecule has 1 atom stereocenters. The van der Waals surface area contributed by atoms with Gasteiger partial charge in [0.15, 0.2) is 0 Å². The first-order valence-corrected chi connectivity index (χ1v) is 13.4. The molecule has 1 heterocycles. The van der Waals surface area contributed by atoms with Crippen LogP contribution in [0, 0.1) is 0 Å². The van der Waals surface area contributed by atoms with Crippen LogP contribution in [0.2, 0.25) is 0 Å². The molecule has 1 aliphatic rings. The van der Waals surface area contributed by atoms with Crippen molar-refractivity contribution < 1.29 is 13.2 Å². The van der Waals surface area contributed by atoms with E-state index in [9.17, 15) is 13.2 Å². The van der Waals surface area contributed by atoms with Crippen molar-refractivity contribution >= 4 is 21.6 Å². The summed E-state index contributed by atoms with van der Waals surface area (Å²) in [6.45, 7) is 4.17. The molecular formula is C27H31N3O3S. The molecule has 3 aromatic rings. The van der Waals surface area contributed by atoms with Gasteiger partial charge in [-0.3, -0.25) is 14.0 Å². The highest BCUT2D eigenvalue weighted by Crippen LogP contribution is 2.30. The maximum atomic E-state index is 13.4. The minimum atomic E-state index is -3.62. The summed E-state index contributed by atoms with van der Waals surface area (Å²) in [5.41, 5.74) is 2.93. The molecule has 0 radical (unpaired) electrons. The van der Waals surface area contributed by atoms with Gasteiger partial charge in [-0.05, 0) is 30.2 Å². The normalized spacial score (nSPS) is 15.8. The lowest BCUT2D eigenvalue weighted by Gasteiger charge is -2.41. The topological polar surface area (TPSA) is 60.9 Å². The van der Waals surface area contributed by atoms with E-state index < -0.39 is 16.1 Å². The van der Waals surface area contributed by atoms with E-state index in [1.807, 2.05) is 18.2 Å². The highest BCUT2D eigenvalue weighted by atomic mass is 32.2. The zero-order valence-electron chi connectivity index (χ0n) is 19.6. The summed E-state index contributed by atoms with van der Waals surface area (Å²) < 4.78 is 26.3. The molecule has 0 N–H and O–H groups in total. The zero-order chi connectivity index (χ0) is 24.1. The van der Waals surface area contributed by atoms with E-state index in [0.29, 0.717) is 31.9 Å². The second kappa shape index (κ2) is 10.4. The van der Waals surface area contributed by atoms with Gasteiger partial charge in [0.25, 0.3) is 0 Å². The lowest BCUT2D eigenvalue weighted by atomic mass is 9.96. The van der Waals surface area contributed by atoms with Crippen molar-refractivity contribution in [3.8, 4) is 0 Å². The second-order valence-corrected chi connectivity index (χ2v) is 10.5. The first-order valence-electron chi connectivity index (χ1n) is 11.5. The van der Waals surface area contributed by atoms with E-state index in [-0.39, 0.29) is 11.9 Å². The number of hydrogen-bond donors (Lipinski definition) is 0. The van der Waals surface area contributed by atoms with Gasteiger partial charge in [0.05, 0.1) is 18.0 Å². The molecule has 1 aliphatic heterocycles. The Morgan fingerprint density at radius 3 is 1.65 bits per heavy atom. The summed E-state index contributed by atoms with van der Waals surface area (Å²) in [7, 11) is -3.62. The van der Waals surface area contributed by atoms with Gasteiger partial charge in [-0.25, -0.2) is 8.42 Å². The van der Waals surface area contributed by atoms with E-state index in [1.165, 1.54) is 15.4 Å². The fraction of sp³-hybridized carbons (Fsp3) is 0.296. The van der Waals surface area contributed by atoms with E-state index >= 15 is 0 Å². The second-order valence-electron chi connectivity index (χ2n) is 8.66. The fourth-order valence-electron chi connectivity index (χ4n) is 4.73. The number of carbonyl (C=O) groups is 1. The van der Waals surface area contributed by atoms with Crippen LogP contribution < -0.4 is 4.31 Å². The van der Waals surface area contributed by atoms with Crippen molar-refractivity contribution in [2.45, 2.75) is 19.0 Å². The van der Waals surface area contributed by atoms with Crippen molar-refractivity contribution in [3.05, 3.63) is 102 Å². The van der Waals surface area contributed by atoms with Crippen LogP contribution in [0.3, 0.4) is 0 Å². The average Bonchev–Trinajstić information content (AvgIpc) is 2.85. The summed E-state index contributed by atoms with van der Waals surface area (Å²) in [4.78, 5) is 17.6. The Morgan fingerprint density at radius 2 is 1.21 bits per heavy atom. The molecular weight excluding hydrogens is 446 g/mol. The molecule has 7 heteroatoms. The molecule has 178 valence electrons. The Bertz CT molecular complexity index is 1140. The van der Waals surface area contributed by atoms with Crippen molar-refractivity contribution in [2.75, 3.05) is 36.7 Å². The molecule has 6 nitrogen and oxygen atoms in total. The lowest BCUT2D eigenvalue weighted by molar-refractivity contribution is -0.134. The summed E-state index contributed by atoms with van der Waals surface area (Å²) in [6, 6.07) is 28.9. The average molecular weight is 478 g/mol. The maximum Gasteiger partial charge on any atom is 0.246 e. The Balaban J connectivity index is 1.50. The van der Waals surface area contributed by atoms with Gasteiger partial charge < -0.3 is 4.90 Å². The van der Waals surface area contributed by atoms with Gasteiger partial charge in [-0.15, -0.1) is 0 Å². The third-order valence-corrected chi connectivity index (χ3v) is 7.54. The van der Waals surface area contributed by atoms with Crippen LogP contribution in [0.5, 0.6) is 0 Å². The van der Waals surface area contributed by atoms with Gasteiger partial charge in [-0.1, -0.05) is 78.9 Å². The van der Waals surface area contributed by atoms with Crippen LogP contribution in [0.25, 0.3) is 0 Å². The predicted octanol–water partition coefficient (Wildman–Crippen LogP) is 3.77. The smallest absolute Gasteiger partial charge is 0.246 e. The number of anilines is 1. The van der Waals surface area contributed by atoms with Gasteiger partial charge in [0.1, 0.15) is 6.04 Å². The number of rotatable bonds is 7. The molecule has 3 aromatic carbocycles. The molecule has 1 fully saturated rings. The van der Waals surface area contributed by atoms with E-state index in [2.05, 4.69) is 53.4 Å². The van der Waals surface area contributed by atoms with Crippen molar-refractivity contribution in [1.82, 2.24) is 9.80 Å². The number of nitrogens with zero attached hydrogens (tertiary/aromatic N) is 3. The molecule has 0 bridgehead atoms. The molecule has 0 unspecified atom stereocenters. The predicted molar refractivity (Wildman–Crippen MR) is 136 cm³/mol. The van der Waals surface area contributed by atoms with Gasteiger partial charge in [0, 0.05) is 26.2 Å². The molecule has 1 amide bonds. The number of amides is 1. The highest BCUT2D eigenvalue weighted by Gasteiger charge is 2.34. The largest absolute Gasteiger partial charge is 0.338 e. The monoisotopic (exact) mass is 477 g/mol. The number of sulfonamides is 1. The third-order valence-electron chi connectivity index (χ3n) is 6.30. The SMILES string of the molecule is C[C@H](C(=O)N1CCN(C(c2ccccc2)c2ccccc2)CC1)N(c1ccccc1)S(C)(=O)=O.